The highest BCUT2D eigenvalue weighted by Gasteiger charge is 2.15. The van der Waals surface area contributed by atoms with E-state index in [-0.39, 0.29) is 10.9 Å². The minimum absolute atomic E-state index is 0.0284. The molecule has 16 heavy (non-hydrogen) atoms. The number of aromatic nitrogens is 2. The molecule has 7 heteroatoms. The zero-order valence-electron chi connectivity index (χ0n) is 7.65. The summed E-state index contributed by atoms with van der Waals surface area (Å²) < 4.78 is 17.5. The van der Waals surface area contributed by atoms with Gasteiger partial charge in [-0.1, -0.05) is 11.6 Å². The number of carboxylic acid groups (broad SMARTS) is 1. The Balaban J connectivity index is 2.42. The number of aromatic carboxylic acids is 1. The van der Waals surface area contributed by atoms with Gasteiger partial charge in [0.2, 0.25) is 0 Å². The summed E-state index contributed by atoms with van der Waals surface area (Å²) >= 11 is 5.55. The van der Waals surface area contributed by atoms with Crippen LogP contribution in [0.1, 0.15) is 10.6 Å². The average molecular weight is 243 g/mol. The second-order valence-corrected chi connectivity index (χ2v) is 3.26. The molecule has 0 spiro atoms. The van der Waals surface area contributed by atoms with Crippen molar-refractivity contribution in [3.05, 3.63) is 34.9 Å². The van der Waals surface area contributed by atoms with E-state index in [0.717, 1.165) is 6.07 Å². The first-order valence-corrected chi connectivity index (χ1v) is 4.48. The smallest absolute Gasteiger partial charge is 0.377 e. The van der Waals surface area contributed by atoms with Gasteiger partial charge >= 0.3 is 5.97 Å². The fourth-order valence-electron chi connectivity index (χ4n) is 1.06. The van der Waals surface area contributed by atoms with Gasteiger partial charge in [-0.15, -0.1) is 0 Å². The van der Waals surface area contributed by atoms with E-state index in [4.69, 9.17) is 16.7 Å². The van der Waals surface area contributed by atoms with Crippen molar-refractivity contribution in [3.8, 4) is 11.5 Å². The molecule has 82 valence electrons. The molecule has 5 nitrogen and oxygen atoms in total. The summed E-state index contributed by atoms with van der Waals surface area (Å²) in [5.74, 6) is -2.37. The monoisotopic (exact) mass is 242 g/mol. The number of nitrogens with zero attached hydrogens (tertiary/aromatic N) is 2. The van der Waals surface area contributed by atoms with Gasteiger partial charge in [-0.3, -0.25) is 0 Å². The Morgan fingerprint density at radius 3 is 2.81 bits per heavy atom. The van der Waals surface area contributed by atoms with Gasteiger partial charge in [0, 0.05) is 5.56 Å². The summed E-state index contributed by atoms with van der Waals surface area (Å²) in [7, 11) is 0. The lowest BCUT2D eigenvalue weighted by molar-refractivity contribution is 0.0680. The van der Waals surface area contributed by atoms with Crippen molar-refractivity contribution >= 4 is 17.6 Å². The molecular weight excluding hydrogens is 239 g/mol. The summed E-state index contributed by atoms with van der Waals surface area (Å²) in [5.41, 5.74) is 0.353. The molecule has 0 aliphatic heterocycles. The number of hydrogen-bond donors (Lipinski definition) is 1. The second kappa shape index (κ2) is 3.90. The fourth-order valence-corrected chi connectivity index (χ4v) is 1.24. The molecule has 2 rings (SSSR count). The van der Waals surface area contributed by atoms with E-state index in [1.54, 1.807) is 0 Å². The predicted molar refractivity (Wildman–Crippen MR) is 51.7 cm³/mol. The van der Waals surface area contributed by atoms with Gasteiger partial charge in [0.1, 0.15) is 5.82 Å². The molecule has 1 N–H and O–H groups in total. The molecule has 0 fully saturated rings. The molecule has 1 aromatic heterocycles. The SMILES string of the molecule is O=C(O)c1noc(-c2ccc(F)c(Cl)c2)n1. The van der Waals surface area contributed by atoms with Crippen LogP contribution in [0.2, 0.25) is 5.02 Å². The van der Waals surface area contributed by atoms with Crippen LogP contribution >= 0.6 is 11.6 Å². The molecular formula is C9H4ClFN2O3. The summed E-state index contributed by atoms with van der Waals surface area (Å²) in [6.45, 7) is 0. The quantitative estimate of drug-likeness (QED) is 0.874. The number of halogens is 2. The van der Waals surface area contributed by atoms with Crippen molar-refractivity contribution in [3.63, 3.8) is 0 Å². The molecule has 1 heterocycles. The van der Waals surface area contributed by atoms with Crippen LogP contribution in [0.4, 0.5) is 4.39 Å². The van der Waals surface area contributed by atoms with Crippen LogP contribution in [-0.4, -0.2) is 21.2 Å². The summed E-state index contributed by atoms with van der Waals surface area (Å²) in [5, 5.41) is 11.7. The highest BCUT2D eigenvalue weighted by molar-refractivity contribution is 6.31. The maximum Gasteiger partial charge on any atom is 0.377 e. The van der Waals surface area contributed by atoms with Gasteiger partial charge in [-0.25, -0.2) is 9.18 Å². The first-order chi connectivity index (χ1) is 7.58. The predicted octanol–water partition coefficient (Wildman–Crippen LogP) is 2.23. The van der Waals surface area contributed by atoms with Crippen molar-refractivity contribution in [2.75, 3.05) is 0 Å². The molecule has 2 aromatic rings. The summed E-state index contributed by atoms with van der Waals surface area (Å²) in [6.07, 6.45) is 0. The van der Waals surface area contributed by atoms with Gasteiger partial charge < -0.3 is 9.63 Å². The first-order valence-electron chi connectivity index (χ1n) is 4.10. The Kier molecular flexibility index (Phi) is 2.57. The molecule has 0 aliphatic carbocycles. The Morgan fingerprint density at radius 2 is 2.25 bits per heavy atom. The van der Waals surface area contributed by atoms with Crippen molar-refractivity contribution in [2.45, 2.75) is 0 Å². The van der Waals surface area contributed by atoms with Crippen LogP contribution in [0, 0.1) is 5.82 Å². The van der Waals surface area contributed by atoms with Crippen molar-refractivity contribution in [1.29, 1.82) is 0 Å². The van der Waals surface area contributed by atoms with Gasteiger partial charge in [-0.05, 0) is 23.4 Å². The number of hydrogen-bond acceptors (Lipinski definition) is 4. The van der Waals surface area contributed by atoms with E-state index in [0.29, 0.717) is 5.56 Å². The van der Waals surface area contributed by atoms with Gasteiger partial charge in [-0.2, -0.15) is 4.98 Å². The van der Waals surface area contributed by atoms with Crippen molar-refractivity contribution in [2.24, 2.45) is 0 Å². The van der Waals surface area contributed by atoms with Gasteiger partial charge in [0.05, 0.1) is 5.02 Å². The lowest BCUT2D eigenvalue weighted by Crippen LogP contribution is -1.98. The molecule has 0 saturated heterocycles. The molecule has 0 unspecified atom stereocenters. The molecule has 0 amide bonds. The molecule has 0 bridgehead atoms. The minimum Gasteiger partial charge on any atom is -0.475 e. The topological polar surface area (TPSA) is 76.2 Å². The van der Waals surface area contributed by atoms with Gasteiger partial charge in [0.25, 0.3) is 11.7 Å². The maximum atomic E-state index is 12.9. The van der Waals surface area contributed by atoms with Crippen LogP contribution in [0.5, 0.6) is 0 Å². The molecule has 0 saturated carbocycles. The van der Waals surface area contributed by atoms with E-state index in [9.17, 15) is 9.18 Å². The summed E-state index contributed by atoms with van der Waals surface area (Å²) in [6, 6.07) is 3.76. The third-order valence-electron chi connectivity index (χ3n) is 1.78. The highest BCUT2D eigenvalue weighted by atomic mass is 35.5. The van der Waals surface area contributed by atoms with E-state index in [1.807, 2.05) is 0 Å². The Bertz CT molecular complexity index is 555. The van der Waals surface area contributed by atoms with Gasteiger partial charge in [0.15, 0.2) is 0 Å². The third kappa shape index (κ3) is 1.87. The van der Waals surface area contributed by atoms with E-state index in [2.05, 4.69) is 14.7 Å². The third-order valence-corrected chi connectivity index (χ3v) is 2.07. The number of carboxylic acids is 1. The first kappa shape index (κ1) is 10.6. The Hall–Kier alpha value is -1.95. The average Bonchev–Trinajstić information content (AvgIpc) is 2.71. The van der Waals surface area contributed by atoms with Crippen LogP contribution < -0.4 is 0 Å². The normalized spacial score (nSPS) is 10.4. The fraction of sp³-hybridized carbons (Fsp3) is 0. The zero-order chi connectivity index (χ0) is 11.7. The largest absolute Gasteiger partial charge is 0.475 e. The molecule has 0 aliphatic rings. The van der Waals surface area contributed by atoms with Crippen LogP contribution in [-0.2, 0) is 0 Å². The Labute approximate surface area is 93.5 Å². The number of benzene rings is 1. The molecule has 0 radical (unpaired) electrons. The van der Waals surface area contributed by atoms with Crippen molar-refractivity contribution in [1.82, 2.24) is 10.1 Å². The summed E-state index contributed by atoms with van der Waals surface area (Å²) in [4.78, 5) is 14.1. The molecule has 0 atom stereocenters. The lowest BCUT2D eigenvalue weighted by atomic mass is 10.2. The van der Waals surface area contributed by atoms with E-state index < -0.39 is 17.6 Å². The van der Waals surface area contributed by atoms with Crippen LogP contribution in [0.3, 0.4) is 0 Å². The Morgan fingerprint density at radius 1 is 1.50 bits per heavy atom. The zero-order valence-corrected chi connectivity index (χ0v) is 8.40. The maximum absolute atomic E-state index is 12.9. The van der Waals surface area contributed by atoms with Crippen LogP contribution in [0.25, 0.3) is 11.5 Å². The molecule has 1 aromatic carbocycles. The number of rotatable bonds is 2. The minimum atomic E-state index is -1.30. The number of carbonyl (C=O) groups is 1. The highest BCUT2D eigenvalue weighted by Crippen LogP contribution is 2.23. The van der Waals surface area contributed by atoms with E-state index in [1.165, 1.54) is 12.1 Å². The second-order valence-electron chi connectivity index (χ2n) is 2.86. The van der Waals surface area contributed by atoms with Crippen LogP contribution in [0.15, 0.2) is 22.7 Å². The lowest BCUT2D eigenvalue weighted by Gasteiger charge is -1.95. The van der Waals surface area contributed by atoms with E-state index >= 15 is 0 Å². The van der Waals surface area contributed by atoms with Crippen molar-refractivity contribution < 1.29 is 18.8 Å². The standard InChI is InChI=1S/C9H4ClFN2O3/c10-5-3-4(1-2-6(5)11)8-12-7(9(14)15)13-16-8/h1-3H,(H,14,15).